The third-order valence-corrected chi connectivity index (χ3v) is 3.85. The lowest BCUT2D eigenvalue weighted by atomic mass is 10.0. The van der Waals surface area contributed by atoms with E-state index in [1.54, 1.807) is 0 Å². The van der Waals surface area contributed by atoms with Gasteiger partial charge in [-0.25, -0.2) is 0 Å². The molecule has 0 aromatic heterocycles. The Hall–Kier alpha value is -0.850. The summed E-state index contributed by atoms with van der Waals surface area (Å²) in [6.07, 6.45) is 4.62. The second-order valence-corrected chi connectivity index (χ2v) is 5.49. The van der Waals surface area contributed by atoms with Crippen molar-refractivity contribution in [1.82, 2.24) is 4.90 Å². The number of nitriles is 1. The third kappa shape index (κ3) is 3.55. The van der Waals surface area contributed by atoms with E-state index in [9.17, 15) is 5.26 Å². The van der Waals surface area contributed by atoms with Gasteiger partial charge in [0.05, 0.1) is 6.07 Å². The maximum absolute atomic E-state index is 9.29. The SMILES string of the molecule is N#CC(Cc1ccc(Br)cc1)N1CCCCC1. The van der Waals surface area contributed by atoms with Gasteiger partial charge in [-0.05, 0) is 43.6 Å². The maximum atomic E-state index is 9.29. The standard InChI is InChI=1S/C14H17BrN2/c15-13-6-4-12(5-7-13)10-14(11-16)17-8-2-1-3-9-17/h4-7,14H,1-3,8-10H2. The summed E-state index contributed by atoms with van der Waals surface area (Å²) in [4.78, 5) is 2.32. The van der Waals surface area contributed by atoms with Gasteiger partial charge in [0.2, 0.25) is 0 Å². The summed E-state index contributed by atoms with van der Waals surface area (Å²) in [7, 11) is 0. The van der Waals surface area contributed by atoms with E-state index in [2.05, 4.69) is 39.0 Å². The number of piperidine rings is 1. The molecule has 0 amide bonds. The van der Waals surface area contributed by atoms with Crippen molar-refractivity contribution in [2.24, 2.45) is 0 Å². The van der Waals surface area contributed by atoms with Gasteiger partial charge >= 0.3 is 0 Å². The molecule has 0 bridgehead atoms. The highest BCUT2D eigenvalue weighted by molar-refractivity contribution is 9.10. The van der Waals surface area contributed by atoms with Crippen LogP contribution in [0.25, 0.3) is 0 Å². The minimum absolute atomic E-state index is 0.0384. The van der Waals surface area contributed by atoms with Crippen molar-refractivity contribution < 1.29 is 0 Å². The number of hydrogen-bond donors (Lipinski definition) is 0. The molecular weight excluding hydrogens is 276 g/mol. The van der Waals surface area contributed by atoms with E-state index in [-0.39, 0.29) is 6.04 Å². The fourth-order valence-electron chi connectivity index (χ4n) is 2.33. The van der Waals surface area contributed by atoms with Crippen LogP contribution in [0, 0.1) is 11.3 Å². The topological polar surface area (TPSA) is 27.0 Å². The van der Waals surface area contributed by atoms with Gasteiger partial charge in [0.1, 0.15) is 6.04 Å². The monoisotopic (exact) mass is 292 g/mol. The van der Waals surface area contributed by atoms with Gasteiger partial charge in [0.25, 0.3) is 0 Å². The Morgan fingerprint density at radius 2 is 1.82 bits per heavy atom. The quantitative estimate of drug-likeness (QED) is 0.854. The molecule has 1 aliphatic rings. The summed E-state index contributed by atoms with van der Waals surface area (Å²) < 4.78 is 1.09. The molecule has 1 aromatic carbocycles. The molecule has 1 aliphatic heterocycles. The van der Waals surface area contributed by atoms with Crippen molar-refractivity contribution in [3.63, 3.8) is 0 Å². The Bertz CT molecular complexity index is 388. The van der Waals surface area contributed by atoms with Crippen molar-refractivity contribution in [1.29, 1.82) is 5.26 Å². The lowest BCUT2D eigenvalue weighted by molar-refractivity contribution is 0.194. The predicted octanol–water partition coefficient (Wildman–Crippen LogP) is 3.37. The largest absolute Gasteiger partial charge is 0.288 e. The lowest BCUT2D eigenvalue weighted by Gasteiger charge is -2.30. The van der Waals surface area contributed by atoms with Gasteiger partial charge in [-0.3, -0.25) is 4.90 Å². The van der Waals surface area contributed by atoms with Gasteiger partial charge in [0.15, 0.2) is 0 Å². The van der Waals surface area contributed by atoms with E-state index in [1.165, 1.54) is 24.8 Å². The molecule has 1 atom stereocenters. The smallest absolute Gasteiger partial charge is 0.102 e. The molecule has 1 unspecified atom stereocenters. The van der Waals surface area contributed by atoms with Crippen molar-refractivity contribution >= 4 is 15.9 Å². The van der Waals surface area contributed by atoms with E-state index in [0.29, 0.717) is 0 Å². The van der Waals surface area contributed by atoms with Gasteiger partial charge in [0, 0.05) is 10.9 Å². The van der Waals surface area contributed by atoms with Crippen LogP contribution in [0.2, 0.25) is 0 Å². The van der Waals surface area contributed by atoms with E-state index >= 15 is 0 Å². The van der Waals surface area contributed by atoms with E-state index < -0.39 is 0 Å². The Kier molecular flexibility index (Phi) is 4.58. The maximum Gasteiger partial charge on any atom is 0.102 e. The lowest BCUT2D eigenvalue weighted by Crippen LogP contribution is -2.39. The van der Waals surface area contributed by atoms with Gasteiger partial charge in [-0.15, -0.1) is 0 Å². The predicted molar refractivity (Wildman–Crippen MR) is 72.7 cm³/mol. The molecule has 0 saturated carbocycles. The molecule has 2 rings (SSSR count). The minimum Gasteiger partial charge on any atom is -0.288 e. The molecule has 3 heteroatoms. The van der Waals surface area contributed by atoms with Crippen molar-refractivity contribution in [3.8, 4) is 6.07 Å². The third-order valence-electron chi connectivity index (χ3n) is 3.32. The van der Waals surface area contributed by atoms with Gasteiger partial charge < -0.3 is 0 Å². The van der Waals surface area contributed by atoms with Crippen LogP contribution in [0.4, 0.5) is 0 Å². The number of nitrogens with zero attached hydrogens (tertiary/aromatic N) is 2. The van der Waals surface area contributed by atoms with Crippen LogP contribution in [0.3, 0.4) is 0 Å². The zero-order valence-electron chi connectivity index (χ0n) is 9.90. The first kappa shape index (κ1) is 12.6. The number of rotatable bonds is 3. The summed E-state index contributed by atoms with van der Waals surface area (Å²) >= 11 is 3.43. The first-order valence-corrected chi connectivity index (χ1v) is 6.97. The number of hydrogen-bond acceptors (Lipinski definition) is 2. The average molecular weight is 293 g/mol. The van der Waals surface area contributed by atoms with Crippen LogP contribution in [0.15, 0.2) is 28.7 Å². The number of likely N-dealkylation sites (tertiary alicyclic amines) is 1. The molecule has 1 aromatic rings. The van der Waals surface area contributed by atoms with Gasteiger partial charge in [-0.2, -0.15) is 5.26 Å². The Morgan fingerprint density at radius 1 is 1.18 bits per heavy atom. The molecule has 0 spiro atoms. The summed E-state index contributed by atoms with van der Waals surface area (Å²) in [5, 5.41) is 9.29. The van der Waals surface area contributed by atoms with E-state index in [4.69, 9.17) is 0 Å². The van der Waals surface area contributed by atoms with Crippen LogP contribution >= 0.6 is 15.9 Å². The highest BCUT2D eigenvalue weighted by atomic mass is 79.9. The molecule has 0 radical (unpaired) electrons. The Labute approximate surface area is 111 Å². The molecule has 90 valence electrons. The molecule has 17 heavy (non-hydrogen) atoms. The van der Waals surface area contributed by atoms with Crippen LogP contribution in [-0.4, -0.2) is 24.0 Å². The van der Waals surface area contributed by atoms with Crippen LogP contribution in [0.1, 0.15) is 24.8 Å². The molecule has 2 nitrogen and oxygen atoms in total. The summed E-state index contributed by atoms with van der Waals surface area (Å²) in [5.74, 6) is 0. The summed E-state index contributed by atoms with van der Waals surface area (Å²) in [6.45, 7) is 2.16. The second-order valence-electron chi connectivity index (χ2n) is 4.57. The fraction of sp³-hybridized carbons (Fsp3) is 0.500. The van der Waals surface area contributed by atoms with Crippen molar-refractivity contribution in [3.05, 3.63) is 34.3 Å². The zero-order chi connectivity index (χ0) is 12.1. The van der Waals surface area contributed by atoms with Crippen molar-refractivity contribution in [2.75, 3.05) is 13.1 Å². The van der Waals surface area contributed by atoms with Crippen LogP contribution in [-0.2, 0) is 6.42 Å². The average Bonchev–Trinajstić information content (AvgIpc) is 2.39. The fourth-order valence-corrected chi connectivity index (χ4v) is 2.59. The highest BCUT2D eigenvalue weighted by Crippen LogP contribution is 2.17. The second kappa shape index (κ2) is 6.18. The molecule has 0 N–H and O–H groups in total. The molecule has 1 fully saturated rings. The minimum atomic E-state index is 0.0384. The summed E-state index contributed by atoms with van der Waals surface area (Å²) in [6, 6.07) is 10.8. The zero-order valence-corrected chi connectivity index (χ0v) is 11.5. The van der Waals surface area contributed by atoms with Gasteiger partial charge in [-0.1, -0.05) is 34.5 Å². The van der Waals surface area contributed by atoms with Crippen molar-refractivity contribution in [2.45, 2.75) is 31.7 Å². The Balaban J connectivity index is 1.99. The first-order chi connectivity index (χ1) is 8.29. The number of benzene rings is 1. The van der Waals surface area contributed by atoms with E-state index in [1.807, 2.05) is 12.1 Å². The van der Waals surface area contributed by atoms with Crippen LogP contribution in [0.5, 0.6) is 0 Å². The Morgan fingerprint density at radius 3 is 2.41 bits per heavy atom. The van der Waals surface area contributed by atoms with Crippen LogP contribution < -0.4 is 0 Å². The van der Waals surface area contributed by atoms with E-state index in [0.717, 1.165) is 24.0 Å². The first-order valence-electron chi connectivity index (χ1n) is 6.18. The highest BCUT2D eigenvalue weighted by Gasteiger charge is 2.20. The molecule has 1 saturated heterocycles. The molecule has 0 aliphatic carbocycles. The molecular formula is C14H17BrN2. The molecule has 1 heterocycles. The number of halogens is 1. The summed E-state index contributed by atoms with van der Waals surface area (Å²) in [5.41, 5.74) is 1.24. The normalized spacial score (nSPS) is 18.6.